The number of carbonyl (C=O) groups excluding carboxylic acids is 2. The number of hydrogen-bond acceptors (Lipinski definition) is 4. The summed E-state index contributed by atoms with van der Waals surface area (Å²) < 4.78 is 11.1. The van der Waals surface area contributed by atoms with Crippen LogP contribution in [-0.4, -0.2) is 24.1 Å². The van der Waals surface area contributed by atoms with E-state index in [9.17, 15) is 9.59 Å². The predicted octanol–water partition coefficient (Wildman–Crippen LogP) is 3.79. The first-order valence-electron chi connectivity index (χ1n) is 7.83. The molecule has 122 valence electrons. The molecule has 0 fully saturated rings. The van der Waals surface area contributed by atoms with Gasteiger partial charge in [-0.2, -0.15) is 0 Å². The first kappa shape index (κ1) is 16.0. The van der Waals surface area contributed by atoms with E-state index in [2.05, 4.69) is 0 Å². The van der Waals surface area contributed by atoms with Crippen molar-refractivity contribution >= 4 is 11.9 Å². The molecule has 0 bridgehead atoms. The number of benzene rings is 2. The van der Waals surface area contributed by atoms with E-state index in [1.807, 2.05) is 25.1 Å². The van der Waals surface area contributed by atoms with Gasteiger partial charge in [-0.15, -0.1) is 0 Å². The molecule has 2 atom stereocenters. The van der Waals surface area contributed by atoms with E-state index in [4.69, 9.17) is 9.47 Å². The lowest BCUT2D eigenvalue weighted by Crippen LogP contribution is -2.31. The third-order valence-electron chi connectivity index (χ3n) is 3.86. The highest BCUT2D eigenvalue weighted by molar-refractivity contribution is 5.90. The van der Waals surface area contributed by atoms with Gasteiger partial charge in [-0.3, -0.25) is 0 Å². The van der Waals surface area contributed by atoms with Crippen molar-refractivity contribution in [3.05, 3.63) is 83.4 Å². The second kappa shape index (κ2) is 7.13. The molecule has 0 N–H and O–H groups in total. The van der Waals surface area contributed by atoms with Gasteiger partial charge in [0.25, 0.3) is 0 Å². The molecule has 1 aliphatic rings. The molecule has 0 heterocycles. The van der Waals surface area contributed by atoms with Crippen LogP contribution in [0.2, 0.25) is 0 Å². The second-order valence-corrected chi connectivity index (χ2v) is 5.76. The molecule has 2 aromatic carbocycles. The summed E-state index contributed by atoms with van der Waals surface area (Å²) in [5, 5.41) is 0. The molecule has 0 radical (unpaired) electrons. The Labute approximate surface area is 140 Å². The van der Waals surface area contributed by atoms with E-state index >= 15 is 0 Å². The van der Waals surface area contributed by atoms with Crippen molar-refractivity contribution in [1.82, 2.24) is 0 Å². The molecule has 0 amide bonds. The summed E-state index contributed by atoms with van der Waals surface area (Å²) in [6.45, 7) is 1.93. The van der Waals surface area contributed by atoms with E-state index in [1.165, 1.54) is 0 Å². The summed E-state index contributed by atoms with van der Waals surface area (Å²) in [6, 6.07) is 17.6. The van der Waals surface area contributed by atoms with Gasteiger partial charge in [-0.25, -0.2) is 9.59 Å². The Bertz CT molecular complexity index is 750. The van der Waals surface area contributed by atoms with E-state index in [1.54, 1.807) is 48.5 Å². The fourth-order valence-electron chi connectivity index (χ4n) is 2.65. The van der Waals surface area contributed by atoms with Crippen LogP contribution < -0.4 is 0 Å². The van der Waals surface area contributed by atoms with E-state index in [-0.39, 0.29) is 0 Å². The smallest absolute Gasteiger partial charge is 0.338 e. The second-order valence-electron chi connectivity index (χ2n) is 5.76. The number of carbonyl (C=O) groups is 2. The van der Waals surface area contributed by atoms with Gasteiger partial charge in [0.05, 0.1) is 11.1 Å². The van der Waals surface area contributed by atoms with Crippen LogP contribution in [0.25, 0.3) is 0 Å². The van der Waals surface area contributed by atoms with Crippen LogP contribution >= 0.6 is 0 Å². The van der Waals surface area contributed by atoms with Crippen molar-refractivity contribution in [2.75, 3.05) is 0 Å². The first-order valence-corrected chi connectivity index (χ1v) is 7.83. The molecule has 0 saturated carbocycles. The van der Waals surface area contributed by atoms with Crippen molar-refractivity contribution < 1.29 is 19.1 Å². The summed E-state index contributed by atoms with van der Waals surface area (Å²) in [7, 11) is 0. The molecule has 4 nitrogen and oxygen atoms in total. The molecule has 0 spiro atoms. The largest absolute Gasteiger partial charge is 0.454 e. The Hall–Kier alpha value is -2.88. The topological polar surface area (TPSA) is 52.6 Å². The Morgan fingerprint density at radius 3 is 1.88 bits per heavy atom. The van der Waals surface area contributed by atoms with Gasteiger partial charge in [0.1, 0.15) is 6.10 Å². The van der Waals surface area contributed by atoms with Crippen molar-refractivity contribution in [3.8, 4) is 0 Å². The number of rotatable bonds is 4. The Kier molecular flexibility index (Phi) is 4.75. The van der Waals surface area contributed by atoms with Crippen LogP contribution in [0.1, 0.15) is 34.1 Å². The Morgan fingerprint density at radius 1 is 0.833 bits per heavy atom. The van der Waals surface area contributed by atoms with E-state index in [0.717, 1.165) is 5.57 Å². The van der Waals surface area contributed by atoms with Gasteiger partial charge in [-0.05, 0) is 37.3 Å². The first-order chi connectivity index (χ1) is 11.6. The maximum Gasteiger partial charge on any atom is 0.338 e. The molecule has 24 heavy (non-hydrogen) atoms. The highest BCUT2D eigenvalue weighted by Gasteiger charge is 2.32. The third kappa shape index (κ3) is 3.71. The van der Waals surface area contributed by atoms with Gasteiger partial charge in [-0.1, -0.05) is 42.0 Å². The average Bonchev–Trinajstić information content (AvgIpc) is 2.95. The SMILES string of the molecule is CC1=C[C@H](OC(=O)c2ccccc2)[C@H](OC(=O)c2ccccc2)C1. The Morgan fingerprint density at radius 2 is 1.33 bits per heavy atom. The maximum atomic E-state index is 12.2. The van der Waals surface area contributed by atoms with Crippen LogP contribution in [0.3, 0.4) is 0 Å². The zero-order valence-corrected chi connectivity index (χ0v) is 13.3. The molecule has 4 heteroatoms. The lowest BCUT2D eigenvalue weighted by Gasteiger charge is -2.20. The summed E-state index contributed by atoms with van der Waals surface area (Å²) in [5.74, 6) is -0.836. The molecular weight excluding hydrogens is 304 g/mol. The standard InChI is InChI=1S/C20H18O4/c1-14-12-17(23-19(21)15-8-4-2-5-9-15)18(13-14)24-20(22)16-10-6-3-7-11-16/h2-12,17-18H,13H2,1H3/t17-,18+/m0/s1. The molecule has 2 aromatic rings. The fraction of sp³-hybridized carbons (Fsp3) is 0.200. The van der Waals surface area contributed by atoms with Gasteiger partial charge in [0, 0.05) is 6.42 Å². The van der Waals surface area contributed by atoms with Crippen molar-refractivity contribution in [2.24, 2.45) is 0 Å². The lowest BCUT2D eigenvalue weighted by molar-refractivity contribution is -0.0159. The molecule has 0 aliphatic heterocycles. The average molecular weight is 322 g/mol. The van der Waals surface area contributed by atoms with Gasteiger partial charge < -0.3 is 9.47 Å². The minimum Gasteiger partial charge on any atom is -0.454 e. The van der Waals surface area contributed by atoms with Crippen LogP contribution in [0.15, 0.2) is 72.3 Å². The Balaban J connectivity index is 1.67. The molecule has 0 unspecified atom stereocenters. The highest BCUT2D eigenvalue weighted by Crippen LogP contribution is 2.26. The number of hydrogen-bond donors (Lipinski definition) is 0. The van der Waals surface area contributed by atoms with Crippen molar-refractivity contribution in [2.45, 2.75) is 25.6 Å². The summed E-state index contributed by atoms with van der Waals surface area (Å²) in [5.41, 5.74) is 1.99. The number of ether oxygens (including phenoxy) is 2. The van der Waals surface area contributed by atoms with Gasteiger partial charge >= 0.3 is 11.9 Å². The quantitative estimate of drug-likeness (QED) is 0.635. The van der Waals surface area contributed by atoms with Crippen LogP contribution in [0, 0.1) is 0 Å². The molecule has 1 aliphatic carbocycles. The fourth-order valence-corrected chi connectivity index (χ4v) is 2.65. The van der Waals surface area contributed by atoms with Gasteiger partial charge in [0.15, 0.2) is 6.10 Å². The van der Waals surface area contributed by atoms with Crippen molar-refractivity contribution in [1.29, 1.82) is 0 Å². The third-order valence-corrected chi connectivity index (χ3v) is 3.86. The summed E-state index contributed by atoms with van der Waals surface area (Å²) >= 11 is 0. The highest BCUT2D eigenvalue weighted by atomic mass is 16.6. The predicted molar refractivity (Wildman–Crippen MR) is 89.7 cm³/mol. The van der Waals surface area contributed by atoms with Gasteiger partial charge in [0.2, 0.25) is 0 Å². The zero-order chi connectivity index (χ0) is 16.9. The summed E-state index contributed by atoms with van der Waals surface area (Å²) in [4.78, 5) is 24.4. The number of esters is 2. The minimum absolute atomic E-state index is 0.413. The minimum atomic E-state index is -0.564. The maximum absolute atomic E-state index is 12.2. The molecule has 0 saturated heterocycles. The molecule has 3 rings (SSSR count). The molecular formula is C20H18O4. The van der Waals surface area contributed by atoms with Crippen molar-refractivity contribution in [3.63, 3.8) is 0 Å². The lowest BCUT2D eigenvalue weighted by atomic mass is 10.2. The monoisotopic (exact) mass is 322 g/mol. The van der Waals surface area contributed by atoms with Crippen LogP contribution in [0.5, 0.6) is 0 Å². The van der Waals surface area contributed by atoms with E-state index in [0.29, 0.717) is 17.5 Å². The normalized spacial score (nSPS) is 19.5. The van der Waals surface area contributed by atoms with Crippen LogP contribution in [-0.2, 0) is 9.47 Å². The summed E-state index contributed by atoms with van der Waals surface area (Å²) in [6.07, 6.45) is 1.34. The van der Waals surface area contributed by atoms with E-state index < -0.39 is 24.1 Å². The van der Waals surface area contributed by atoms with Crippen LogP contribution in [0.4, 0.5) is 0 Å². The molecule has 0 aromatic heterocycles. The zero-order valence-electron chi connectivity index (χ0n) is 13.3.